The van der Waals surface area contributed by atoms with Crippen molar-refractivity contribution in [3.05, 3.63) is 52.8 Å². The number of hydrogen-bond acceptors (Lipinski definition) is 15. The number of anilines is 1. The summed E-state index contributed by atoms with van der Waals surface area (Å²) >= 11 is 0. The summed E-state index contributed by atoms with van der Waals surface area (Å²) in [7, 11) is 3.35. The van der Waals surface area contributed by atoms with Gasteiger partial charge in [-0.05, 0) is 27.0 Å². The fraction of sp³-hybridized carbons (Fsp3) is 0.524. The number of Topliss-reactive ketones (excluding diaryl/α,β-unsaturated/α-hetero) is 1. The normalized spacial score (nSPS) is 32.1. The van der Waals surface area contributed by atoms with Crippen LogP contribution in [0, 0.1) is 30.6 Å². The first-order chi connectivity index (χ1) is 27.7. The van der Waals surface area contributed by atoms with Crippen LogP contribution in [0.2, 0.25) is 0 Å². The molecule has 0 saturated carbocycles. The zero-order chi connectivity index (χ0) is 43.7. The number of likely N-dealkylation sites (N-methyl/N-ethyl adjacent to an activating group) is 1. The molecule has 2 aromatic rings. The molecule has 59 heavy (non-hydrogen) atoms. The number of piperazine rings is 1. The molecule has 4 aliphatic rings. The predicted octanol–water partition coefficient (Wildman–Crippen LogP) is 4.47. The van der Waals surface area contributed by atoms with Gasteiger partial charge in [-0.1, -0.05) is 45.9 Å². The number of phenols is 3. The van der Waals surface area contributed by atoms with E-state index >= 15 is 0 Å². The third kappa shape index (κ3) is 8.83. The number of hydrogen-bond donors (Lipinski definition) is 7. The standard InChI is InChI=1S/C42H56N4O13/c1-20-11-10-12-21(2)40(53)44-31-26(19-43-46-16-14-45(8)15-17-46)35(50)28-29(36(31)51)34(49)25(6)38-30(28)39(52)42(7,59-38)57-18-13-27(56-9)22(3)37(58-41(54)55)24(5)33(48)23(4)32(20)47/h10-13,18-20,22-24,27,32-33,37,47-51H,14-17H2,1-9H3,(H,44,53)(H,54,55)/b11-10+,18-13+,21-12-,43-19-/t20-,22+,23-,24+,27+,32+,33+,37-,42+/m1/s1. The number of ether oxygens (including phenoxy) is 4. The van der Waals surface area contributed by atoms with E-state index in [1.807, 2.05) is 7.05 Å². The minimum Gasteiger partial charge on any atom is -0.507 e. The number of benzene rings is 2. The first kappa shape index (κ1) is 44.7. The second-order valence-electron chi connectivity index (χ2n) is 15.9. The molecule has 0 unspecified atom stereocenters. The molecule has 1 fully saturated rings. The molecule has 5 bridgehead atoms. The van der Waals surface area contributed by atoms with Crippen LogP contribution in [-0.2, 0) is 19.0 Å². The maximum absolute atomic E-state index is 14.4. The minimum absolute atomic E-state index is 0.0323. The van der Waals surface area contributed by atoms with Crippen LogP contribution in [0.15, 0.2) is 41.2 Å². The van der Waals surface area contributed by atoms with Crippen molar-refractivity contribution in [2.24, 2.45) is 28.8 Å². The van der Waals surface area contributed by atoms with Crippen LogP contribution < -0.4 is 10.1 Å². The van der Waals surface area contributed by atoms with Crippen molar-refractivity contribution in [2.45, 2.75) is 78.7 Å². The van der Waals surface area contributed by atoms with Crippen molar-refractivity contribution in [1.82, 2.24) is 9.91 Å². The Hall–Kier alpha value is -5.36. The number of ketones is 1. The second kappa shape index (κ2) is 17.9. The molecular formula is C42H56N4O13. The van der Waals surface area contributed by atoms with Gasteiger partial charge in [0.15, 0.2) is 5.75 Å². The molecule has 0 aliphatic carbocycles. The van der Waals surface area contributed by atoms with Crippen molar-refractivity contribution in [2.75, 3.05) is 45.7 Å². The number of phenolic OH excluding ortho intramolecular Hbond substituents is 3. The summed E-state index contributed by atoms with van der Waals surface area (Å²) in [4.78, 5) is 42.1. The van der Waals surface area contributed by atoms with Crippen LogP contribution in [0.1, 0.15) is 63.0 Å². The van der Waals surface area contributed by atoms with E-state index < -0.39 is 89.0 Å². The number of carbonyl (C=O) groups excluding carboxylic acids is 2. The number of hydrazone groups is 1. The molecule has 7 N–H and O–H groups in total. The molecule has 2 aromatic carbocycles. The second-order valence-corrected chi connectivity index (χ2v) is 15.9. The summed E-state index contributed by atoms with van der Waals surface area (Å²) in [5.41, 5.74) is -0.459. The van der Waals surface area contributed by atoms with Gasteiger partial charge in [0.2, 0.25) is 0 Å². The van der Waals surface area contributed by atoms with E-state index in [4.69, 9.17) is 18.9 Å². The lowest BCUT2D eigenvalue weighted by Crippen LogP contribution is -2.46. The monoisotopic (exact) mass is 824 g/mol. The van der Waals surface area contributed by atoms with Gasteiger partial charge in [0, 0.05) is 80.4 Å². The van der Waals surface area contributed by atoms with Crippen LogP contribution >= 0.6 is 0 Å². The molecule has 322 valence electrons. The van der Waals surface area contributed by atoms with Gasteiger partial charge in [0.1, 0.15) is 23.4 Å². The number of methoxy groups -OCH3 is 1. The lowest BCUT2D eigenvalue weighted by atomic mass is 9.78. The molecule has 17 heteroatoms. The molecule has 1 amide bonds. The molecule has 9 atom stereocenters. The molecule has 0 radical (unpaired) electrons. The Morgan fingerprint density at radius 3 is 2.24 bits per heavy atom. The first-order valence-corrected chi connectivity index (χ1v) is 19.5. The largest absolute Gasteiger partial charge is 0.507 e. The van der Waals surface area contributed by atoms with E-state index in [2.05, 4.69) is 15.3 Å². The van der Waals surface area contributed by atoms with Gasteiger partial charge < -0.3 is 59.8 Å². The van der Waals surface area contributed by atoms with Crippen LogP contribution in [0.5, 0.6) is 23.0 Å². The number of allylic oxidation sites excluding steroid dienone is 2. The fourth-order valence-electron chi connectivity index (χ4n) is 7.85. The molecule has 0 spiro atoms. The Balaban J connectivity index is 1.70. The number of aromatic hydroxyl groups is 3. The Bertz CT molecular complexity index is 2070. The number of rotatable bonds is 4. The number of nitrogens with one attached hydrogen (secondary N) is 1. The Morgan fingerprint density at radius 2 is 1.61 bits per heavy atom. The summed E-state index contributed by atoms with van der Waals surface area (Å²) in [5, 5.41) is 76.3. The average Bonchev–Trinajstić information content (AvgIpc) is 3.46. The van der Waals surface area contributed by atoms with Gasteiger partial charge in [-0.15, -0.1) is 0 Å². The predicted molar refractivity (Wildman–Crippen MR) is 218 cm³/mol. The highest BCUT2D eigenvalue weighted by Gasteiger charge is 2.50. The number of aliphatic hydroxyl groups is 2. The molecular weight excluding hydrogens is 768 g/mol. The van der Waals surface area contributed by atoms with Crippen molar-refractivity contribution in [1.29, 1.82) is 0 Å². The van der Waals surface area contributed by atoms with Gasteiger partial charge in [0.05, 0.1) is 53.0 Å². The molecule has 1 saturated heterocycles. The van der Waals surface area contributed by atoms with E-state index in [1.54, 1.807) is 44.9 Å². The highest BCUT2D eigenvalue weighted by molar-refractivity contribution is 6.23. The summed E-state index contributed by atoms with van der Waals surface area (Å²) in [5.74, 6) is -8.39. The molecule has 6 rings (SSSR count). The first-order valence-electron chi connectivity index (χ1n) is 19.5. The molecule has 4 heterocycles. The zero-order valence-corrected chi connectivity index (χ0v) is 34.8. The van der Waals surface area contributed by atoms with Gasteiger partial charge in [-0.2, -0.15) is 5.10 Å². The Kier molecular flexibility index (Phi) is 13.5. The van der Waals surface area contributed by atoms with Gasteiger partial charge in [-0.25, -0.2) is 4.79 Å². The van der Waals surface area contributed by atoms with E-state index in [1.165, 1.54) is 46.2 Å². The third-order valence-corrected chi connectivity index (χ3v) is 11.8. The number of carboxylic acid groups (broad SMARTS) is 1. The van der Waals surface area contributed by atoms with E-state index in [-0.39, 0.29) is 44.5 Å². The SMILES string of the molecule is CO[C@H]1/C=C/O[C@@]2(C)Oc3c(C)c(O)c4c(O)c(c(/C=N\N5CCN(C)CC5)c(O)c4c3C2=O)NC(=O)/C(C)=C\C=C\[C@@H](C)[C@H](O)[C@@H](C)[C@H](O)[C@H](C)[C@H](OC(=O)O)[C@H]1C. The maximum Gasteiger partial charge on any atom is 0.506 e. The molecule has 0 aromatic heterocycles. The summed E-state index contributed by atoms with van der Waals surface area (Å²) in [6.07, 6.45) is 2.48. The van der Waals surface area contributed by atoms with E-state index in [0.717, 1.165) is 6.26 Å². The lowest BCUT2D eigenvalue weighted by Gasteiger charge is -2.37. The van der Waals surface area contributed by atoms with Gasteiger partial charge in [0.25, 0.3) is 11.7 Å². The topological polar surface area (TPSA) is 240 Å². The number of nitrogens with zero attached hydrogens (tertiary/aromatic N) is 3. The van der Waals surface area contributed by atoms with E-state index in [0.29, 0.717) is 26.2 Å². The molecule has 4 aliphatic heterocycles. The van der Waals surface area contributed by atoms with Crippen LogP contribution in [0.4, 0.5) is 10.5 Å². The lowest BCUT2D eigenvalue weighted by molar-refractivity contribution is -0.112. The fourth-order valence-corrected chi connectivity index (χ4v) is 7.85. The zero-order valence-electron chi connectivity index (χ0n) is 34.8. The smallest absolute Gasteiger partial charge is 0.506 e. The number of amides is 1. The number of aliphatic hydroxyl groups excluding tert-OH is 2. The van der Waals surface area contributed by atoms with Crippen molar-refractivity contribution in [3.8, 4) is 23.0 Å². The summed E-state index contributed by atoms with van der Waals surface area (Å²) in [6.45, 7) is 13.4. The van der Waals surface area contributed by atoms with E-state index in [9.17, 15) is 45.0 Å². The molecule has 17 nitrogen and oxygen atoms in total. The van der Waals surface area contributed by atoms with Crippen molar-refractivity contribution in [3.63, 3.8) is 0 Å². The summed E-state index contributed by atoms with van der Waals surface area (Å²) < 4.78 is 23.0. The van der Waals surface area contributed by atoms with Crippen LogP contribution in [0.25, 0.3) is 10.8 Å². The summed E-state index contributed by atoms with van der Waals surface area (Å²) in [6, 6.07) is 0. The van der Waals surface area contributed by atoms with Gasteiger partial charge in [-0.3, -0.25) is 14.6 Å². The number of carbonyl (C=O) groups is 3. The van der Waals surface area contributed by atoms with Crippen molar-refractivity contribution < 1.29 is 64.0 Å². The highest BCUT2D eigenvalue weighted by Crippen LogP contribution is 2.55. The maximum atomic E-state index is 14.4. The van der Waals surface area contributed by atoms with Crippen molar-refractivity contribution >= 4 is 40.5 Å². The third-order valence-electron chi connectivity index (χ3n) is 11.8. The average molecular weight is 825 g/mol. The Labute approximate surface area is 342 Å². The Morgan fingerprint density at radius 1 is 0.949 bits per heavy atom. The highest BCUT2D eigenvalue weighted by atomic mass is 16.7. The van der Waals surface area contributed by atoms with Gasteiger partial charge >= 0.3 is 11.9 Å². The van der Waals surface area contributed by atoms with Crippen LogP contribution in [-0.4, -0.2) is 135 Å². The number of fused-ring (bicyclic) bond motifs is 14. The minimum atomic E-state index is -2.08. The quantitative estimate of drug-likeness (QED) is 0.0975. The van der Waals surface area contributed by atoms with Crippen LogP contribution in [0.3, 0.4) is 0 Å².